The van der Waals surface area contributed by atoms with E-state index in [0.29, 0.717) is 0 Å². The minimum atomic E-state index is -3.05. The third-order valence-electron chi connectivity index (χ3n) is 4.05. The predicted octanol–water partition coefficient (Wildman–Crippen LogP) is 4.59. The van der Waals surface area contributed by atoms with Crippen LogP contribution in [0.25, 0.3) is 0 Å². The molecule has 1 unspecified atom stereocenters. The van der Waals surface area contributed by atoms with Crippen molar-refractivity contribution in [2.24, 2.45) is 0 Å². The zero-order chi connectivity index (χ0) is 15.8. The minimum absolute atomic E-state index is 0.136. The Morgan fingerprint density at radius 2 is 1.50 bits per heavy atom. The third kappa shape index (κ3) is 2.53. The van der Waals surface area contributed by atoms with Crippen LogP contribution < -0.4 is 0 Å². The van der Waals surface area contributed by atoms with E-state index in [0.717, 1.165) is 16.0 Å². The number of nitrogens with zero attached hydrogens (tertiary/aromatic N) is 1. The standard InChI is InChI=1S/C18H19F2NO/c1-17(2)18(19,20)21(13-14-9-5-3-6-10-14)16(22-17)15-11-7-4-8-12-15/h3-12,16H,13H2,1-2H3. The van der Waals surface area contributed by atoms with Crippen LogP contribution in [0, 0.1) is 0 Å². The molecule has 2 nitrogen and oxygen atoms in total. The number of benzene rings is 2. The highest BCUT2D eigenvalue weighted by molar-refractivity contribution is 5.21. The second kappa shape index (κ2) is 5.45. The Bertz CT molecular complexity index is 628. The van der Waals surface area contributed by atoms with Crippen molar-refractivity contribution in [3.63, 3.8) is 0 Å². The van der Waals surface area contributed by atoms with Crippen molar-refractivity contribution >= 4 is 0 Å². The number of hydrogen-bond donors (Lipinski definition) is 0. The Morgan fingerprint density at radius 3 is 2.09 bits per heavy atom. The van der Waals surface area contributed by atoms with Gasteiger partial charge in [0.25, 0.3) is 0 Å². The monoisotopic (exact) mass is 303 g/mol. The molecule has 1 saturated heterocycles. The molecule has 1 atom stereocenters. The Morgan fingerprint density at radius 1 is 0.955 bits per heavy atom. The highest BCUT2D eigenvalue weighted by atomic mass is 19.3. The van der Waals surface area contributed by atoms with Crippen molar-refractivity contribution in [1.82, 2.24) is 4.90 Å². The summed E-state index contributed by atoms with van der Waals surface area (Å²) in [6.07, 6.45) is -0.758. The van der Waals surface area contributed by atoms with E-state index in [1.807, 2.05) is 60.7 Å². The van der Waals surface area contributed by atoms with Crippen molar-refractivity contribution in [3.05, 3.63) is 71.8 Å². The van der Waals surface area contributed by atoms with Crippen LogP contribution in [0.15, 0.2) is 60.7 Å². The fourth-order valence-electron chi connectivity index (χ4n) is 2.73. The maximum absolute atomic E-state index is 14.8. The quantitative estimate of drug-likeness (QED) is 0.769. The van der Waals surface area contributed by atoms with Crippen molar-refractivity contribution in [1.29, 1.82) is 0 Å². The second-order valence-electron chi connectivity index (χ2n) is 6.05. The number of hydrogen-bond acceptors (Lipinski definition) is 2. The summed E-state index contributed by atoms with van der Waals surface area (Å²) >= 11 is 0. The van der Waals surface area contributed by atoms with Gasteiger partial charge in [-0.25, -0.2) is 4.90 Å². The summed E-state index contributed by atoms with van der Waals surface area (Å²) in [6.45, 7) is 3.01. The molecular formula is C18H19F2NO. The van der Waals surface area contributed by atoms with Gasteiger partial charge in [0.1, 0.15) is 11.8 Å². The van der Waals surface area contributed by atoms with Crippen LogP contribution in [0.4, 0.5) is 8.78 Å². The molecule has 1 heterocycles. The molecule has 1 aliphatic rings. The van der Waals surface area contributed by atoms with Gasteiger partial charge in [-0.2, -0.15) is 8.78 Å². The third-order valence-corrected chi connectivity index (χ3v) is 4.05. The Labute approximate surface area is 129 Å². The molecule has 22 heavy (non-hydrogen) atoms. The van der Waals surface area contributed by atoms with Gasteiger partial charge in [0.15, 0.2) is 0 Å². The SMILES string of the molecule is CC1(C)OC(c2ccccc2)N(Cc2ccccc2)C1(F)F. The largest absolute Gasteiger partial charge is 0.345 e. The molecule has 1 fully saturated rings. The van der Waals surface area contributed by atoms with E-state index in [1.54, 1.807) is 0 Å². The molecule has 2 aromatic carbocycles. The van der Waals surface area contributed by atoms with Crippen molar-refractivity contribution in [2.45, 2.75) is 38.3 Å². The van der Waals surface area contributed by atoms with Gasteiger partial charge in [-0.15, -0.1) is 0 Å². The van der Waals surface area contributed by atoms with Crippen molar-refractivity contribution < 1.29 is 13.5 Å². The molecule has 116 valence electrons. The highest BCUT2D eigenvalue weighted by Gasteiger charge is 2.62. The molecule has 0 spiro atoms. The lowest BCUT2D eigenvalue weighted by molar-refractivity contribution is -0.179. The molecule has 2 aromatic rings. The summed E-state index contributed by atoms with van der Waals surface area (Å²) in [5.74, 6) is 0. The minimum Gasteiger partial charge on any atom is -0.345 e. The topological polar surface area (TPSA) is 12.5 Å². The van der Waals surface area contributed by atoms with Crippen LogP contribution in [0.2, 0.25) is 0 Å². The lowest BCUT2D eigenvalue weighted by Crippen LogP contribution is -2.48. The first-order valence-corrected chi connectivity index (χ1v) is 7.33. The van der Waals surface area contributed by atoms with E-state index in [-0.39, 0.29) is 6.54 Å². The maximum Gasteiger partial charge on any atom is 0.335 e. The van der Waals surface area contributed by atoms with Gasteiger partial charge < -0.3 is 4.74 Å². The molecule has 4 heteroatoms. The van der Waals surface area contributed by atoms with Crippen LogP contribution >= 0.6 is 0 Å². The van der Waals surface area contributed by atoms with Gasteiger partial charge in [-0.05, 0) is 25.0 Å². The second-order valence-corrected chi connectivity index (χ2v) is 6.05. The molecule has 0 N–H and O–H groups in total. The Kier molecular flexibility index (Phi) is 3.75. The van der Waals surface area contributed by atoms with E-state index >= 15 is 0 Å². The number of halogens is 2. The van der Waals surface area contributed by atoms with Gasteiger partial charge in [0, 0.05) is 6.54 Å². The number of ether oxygens (including phenoxy) is 1. The fourth-order valence-corrected chi connectivity index (χ4v) is 2.73. The van der Waals surface area contributed by atoms with Gasteiger partial charge in [-0.3, -0.25) is 0 Å². The van der Waals surface area contributed by atoms with Gasteiger partial charge in [-0.1, -0.05) is 60.7 Å². The molecule has 0 amide bonds. The van der Waals surface area contributed by atoms with E-state index < -0.39 is 17.9 Å². The smallest absolute Gasteiger partial charge is 0.335 e. The molecule has 0 radical (unpaired) electrons. The predicted molar refractivity (Wildman–Crippen MR) is 81.3 cm³/mol. The van der Waals surface area contributed by atoms with Crippen LogP contribution in [-0.2, 0) is 11.3 Å². The first-order valence-electron chi connectivity index (χ1n) is 7.33. The summed E-state index contributed by atoms with van der Waals surface area (Å²) < 4.78 is 35.3. The van der Waals surface area contributed by atoms with E-state index in [9.17, 15) is 8.78 Å². The normalized spacial score (nSPS) is 23.5. The summed E-state index contributed by atoms with van der Waals surface area (Å²) in [5, 5.41) is 0. The van der Waals surface area contributed by atoms with Gasteiger partial charge in [0.05, 0.1) is 0 Å². The first-order chi connectivity index (χ1) is 10.4. The molecule has 0 bridgehead atoms. The van der Waals surface area contributed by atoms with Crippen LogP contribution in [0.1, 0.15) is 31.2 Å². The van der Waals surface area contributed by atoms with Crippen LogP contribution in [0.3, 0.4) is 0 Å². The zero-order valence-corrected chi connectivity index (χ0v) is 12.7. The molecule has 0 aromatic heterocycles. The van der Waals surface area contributed by atoms with Crippen molar-refractivity contribution in [2.75, 3.05) is 0 Å². The maximum atomic E-state index is 14.8. The lowest BCUT2D eigenvalue weighted by atomic mass is 10.1. The lowest BCUT2D eigenvalue weighted by Gasteiger charge is -2.30. The summed E-state index contributed by atoms with van der Waals surface area (Å²) in [6, 6.07) is 15.4. The average molecular weight is 303 g/mol. The zero-order valence-electron chi connectivity index (χ0n) is 12.7. The molecule has 0 aliphatic carbocycles. The Balaban J connectivity index is 1.97. The highest BCUT2D eigenvalue weighted by Crippen LogP contribution is 2.50. The Hall–Kier alpha value is -1.78. The van der Waals surface area contributed by atoms with Crippen LogP contribution in [0.5, 0.6) is 0 Å². The fraction of sp³-hybridized carbons (Fsp3) is 0.333. The summed E-state index contributed by atoms with van der Waals surface area (Å²) in [7, 11) is 0. The van der Waals surface area contributed by atoms with Gasteiger partial charge >= 0.3 is 6.05 Å². The van der Waals surface area contributed by atoms with E-state index in [4.69, 9.17) is 4.74 Å². The van der Waals surface area contributed by atoms with E-state index in [1.165, 1.54) is 13.8 Å². The van der Waals surface area contributed by atoms with E-state index in [2.05, 4.69) is 0 Å². The van der Waals surface area contributed by atoms with Crippen LogP contribution in [-0.4, -0.2) is 16.5 Å². The molecule has 1 aliphatic heterocycles. The number of rotatable bonds is 3. The average Bonchev–Trinajstić information content (AvgIpc) is 2.69. The first kappa shape index (κ1) is 15.1. The molecular weight excluding hydrogens is 284 g/mol. The molecule has 0 saturated carbocycles. The summed E-state index contributed by atoms with van der Waals surface area (Å²) in [4.78, 5) is 1.14. The number of alkyl halides is 2. The molecule has 3 rings (SSSR count). The van der Waals surface area contributed by atoms with Crippen molar-refractivity contribution in [3.8, 4) is 0 Å². The van der Waals surface area contributed by atoms with Gasteiger partial charge in [0.2, 0.25) is 0 Å². The summed E-state index contributed by atoms with van der Waals surface area (Å²) in [5.41, 5.74) is 0.0375.